The van der Waals surface area contributed by atoms with Crippen LogP contribution < -0.4 is 5.32 Å². The quantitative estimate of drug-likeness (QED) is 0.749. The van der Waals surface area contributed by atoms with Crippen LogP contribution in [-0.2, 0) is 4.79 Å². The number of anilines is 1. The molecule has 0 spiro atoms. The first-order valence-corrected chi connectivity index (χ1v) is 7.79. The second-order valence-corrected chi connectivity index (χ2v) is 6.57. The van der Waals surface area contributed by atoms with E-state index in [2.05, 4.69) is 34.8 Å². The molecule has 0 atom stereocenters. The van der Waals surface area contributed by atoms with Crippen molar-refractivity contribution < 1.29 is 4.79 Å². The summed E-state index contributed by atoms with van der Waals surface area (Å²) in [6.07, 6.45) is 5.21. The summed E-state index contributed by atoms with van der Waals surface area (Å²) in [6, 6.07) is 5.68. The molecular weight excluding hydrogens is 361 g/mol. The summed E-state index contributed by atoms with van der Waals surface area (Å²) in [4.78, 5) is 12.5. The Morgan fingerprint density at radius 2 is 2.11 bits per heavy atom. The number of carbonyl (C=O) groups is 1. The fraction of sp³-hybridized carbons (Fsp3) is 0.500. The number of rotatable bonds is 3. The van der Waals surface area contributed by atoms with Crippen molar-refractivity contribution >= 4 is 45.8 Å². The van der Waals surface area contributed by atoms with Gasteiger partial charge in [0.1, 0.15) is 0 Å². The molecule has 4 heteroatoms. The summed E-state index contributed by atoms with van der Waals surface area (Å²) in [5, 5.41) is 3.61. The van der Waals surface area contributed by atoms with Gasteiger partial charge in [-0.25, -0.2) is 0 Å². The third-order valence-corrected chi connectivity index (χ3v) is 4.90. The zero-order valence-electron chi connectivity index (χ0n) is 10.4. The van der Waals surface area contributed by atoms with E-state index in [9.17, 15) is 4.79 Å². The van der Waals surface area contributed by atoms with Crippen molar-refractivity contribution in [2.24, 2.45) is 5.41 Å². The van der Waals surface area contributed by atoms with Gasteiger partial charge in [-0.1, -0.05) is 31.4 Å². The maximum atomic E-state index is 12.5. The van der Waals surface area contributed by atoms with Gasteiger partial charge in [0.2, 0.25) is 5.91 Å². The van der Waals surface area contributed by atoms with Crippen molar-refractivity contribution in [2.75, 3.05) is 5.32 Å². The molecule has 0 radical (unpaired) electrons. The second kappa shape index (κ2) is 5.78. The smallest absolute Gasteiger partial charge is 0.230 e. The molecule has 0 aliphatic heterocycles. The van der Waals surface area contributed by atoms with Gasteiger partial charge in [0.25, 0.3) is 0 Å². The highest BCUT2D eigenvalue weighted by atomic mass is 127. The Kier molecular flexibility index (Phi) is 4.54. The second-order valence-electron chi connectivity index (χ2n) is 4.92. The lowest BCUT2D eigenvalue weighted by atomic mass is 9.82. The number of hydrogen-bond donors (Lipinski definition) is 1. The normalized spacial score (nSPS) is 17.7. The van der Waals surface area contributed by atoms with Crippen LogP contribution in [0.25, 0.3) is 0 Å². The molecule has 1 aliphatic rings. The van der Waals surface area contributed by atoms with E-state index in [1.165, 1.54) is 0 Å². The minimum atomic E-state index is -0.176. The highest BCUT2D eigenvalue weighted by Crippen LogP contribution is 2.42. The molecule has 0 saturated heterocycles. The average molecular weight is 378 g/mol. The third kappa shape index (κ3) is 2.82. The van der Waals surface area contributed by atoms with Crippen LogP contribution in [0.4, 0.5) is 5.69 Å². The van der Waals surface area contributed by atoms with Gasteiger partial charge in [0, 0.05) is 8.99 Å². The molecule has 1 N–H and O–H groups in total. The molecule has 0 heterocycles. The van der Waals surface area contributed by atoms with E-state index in [4.69, 9.17) is 11.6 Å². The van der Waals surface area contributed by atoms with Crippen molar-refractivity contribution in [3.05, 3.63) is 26.8 Å². The molecule has 1 saturated carbocycles. The Bertz CT molecular complexity index is 455. The Balaban J connectivity index is 2.18. The van der Waals surface area contributed by atoms with Gasteiger partial charge in [0.05, 0.1) is 10.7 Å². The van der Waals surface area contributed by atoms with Crippen LogP contribution in [0.15, 0.2) is 18.2 Å². The van der Waals surface area contributed by atoms with Crippen molar-refractivity contribution in [3.8, 4) is 0 Å². The molecule has 1 amide bonds. The lowest BCUT2D eigenvalue weighted by molar-refractivity contribution is -0.125. The van der Waals surface area contributed by atoms with E-state index >= 15 is 0 Å². The van der Waals surface area contributed by atoms with Gasteiger partial charge in [-0.15, -0.1) is 0 Å². The number of nitrogens with one attached hydrogen (secondary N) is 1. The molecule has 0 unspecified atom stereocenters. The number of hydrogen-bond acceptors (Lipinski definition) is 1. The maximum Gasteiger partial charge on any atom is 0.230 e. The highest BCUT2D eigenvalue weighted by Gasteiger charge is 2.39. The topological polar surface area (TPSA) is 29.1 Å². The van der Waals surface area contributed by atoms with Crippen LogP contribution in [0.1, 0.15) is 39.0 Å². The molecule has 98 valence electrons. The monoisotopic (exact) mass is 377 g/mol. The summed E-state index contributed by atoms with van der Waals surface area (Å²) in [5.41, 5.74) is 0.554. The zero-order valence-corrected chi connectivity index (χ0v) is 13.3. The van der Waals surface area contributed by atoms with Crippen LogP contribution in [0.3, 0.4) is 0 Å². The SMILES string of the molecule is CCC1(C(=O)Nc2cc(I)ccc2Cl)CCCC1. The molecule has 2 rings (SSSR count). The summed E-state index contributed by atoms with van der Waals surface area (Å²) < 4.78 is 1.07. The number of carbonyl (C=O) groups excluding carboxylic acids is 1. The van der Waals surface area contributed by atoms with Crippen LogP contribution in [0, 0.1) is 8.99 Å². The molecule has 2 nitrogen and oxygen atoms in total. The summed E-state index contributed by atoms with van der Waals surface area (Å²) in [5.74, 6) is 0.131. The van der Waals surface area contributed by atoms with Crippen LogP contribution >= 0.6 is 34.2 Å². The van der Waals surface area contributed by atoms with Gasteiger partial charge in [-0.05, 0) is 60.1 Å². The first-order valence-electron chi connectivity index (χ1n) is 6.34. The summed E-state index contributed by atoms with van der Waals surface area (Å²) >= 11 is 8.34. The first-order chi connectivity index (χ1) is 8.57. The van der Waals surface area contributed by atoms with E-state index in [0.717, 1.165) is 41.4 Å². The molecule has 1 aromatic carbocycles. The highest BCUT2D eigenvalue weighted by molar-refractivity contribution is 14.1. The molecular formula is C14H17ClINO. The molecule has 1 aromatic rings. The average Bonchev–Trinajstić information content (AvgIpc) is 2.84. The standard InChI is InChI=1S/C14H17ClINO/c1-2-14(7-3-4-8-14)13(18)17-12-9-10(16)5-6-11(12)15/h5-6,9H,2-4,7-8H2,1H3,(H,17,18). The number of amides is 1. The van der Waals surface area contributed by atoms with E-state index in [0.29, 0.717) is 5.02 Å². The molecule has 0 bridgehead atoms. The van der Waals surface area contributed by atoms with Crippen molar-refractivity contribution in [1.82, 2.24) is 0 Å². The van der Waals surface area contributed by atoms with E-state index in [-0.39, 0.29) is 11.3 Å². The van der Waals surface area contributed by atoms with Gasteiger partial charge >= 0.3 is 0 Å². The van der Waals surface area contributed by atoms with Crippen LogP contribution in [-0.4, -0.2) is 5.91 Å². The minimum absolute atomic E-state index is 0.131. The summed E-state index contributed by atoms with van der Waals surface area (Å²) in [6.45, 7) is 2.10. The largest absolute Gasteiger partial charge is 0.324 e. The Hall–Kier alpha value is -0.290. The number of benzene rings is 1. The zero-order chi connectivity index (χ0) is 13.2. The maximum absolute atomic E-state index is 12.5. The predicted molar refractivity (Wildman–Crippen MR) is 84.0 cm³/mol. The fourth-order valence-electron chi connectivity index (χ4n) is 2.64. The minimum Gasteiger partial charge on any atom is -0.324 e. The molecule has 1 aliphatic carbocycles. The van der Waals surface area contributed by atoms with Gasteiger partial charge < -0.3 is 5.32 Å². The summed E-state index contributed by atoms with van der Waals surface area (Å²) in [7, 11) is 0. The molecule has 1 fully saturated rings. The van der Waals surface area contributed by atoms with Crippen LogP contribution in [0.5, 0.6) is 0 Å². The van der Waals surface area contributed by atoms with Gasteiger partial charge in [-0.2, -0.15) is 0 Å². The van der Waals surface area contributed by atoms with E-state index in [1.807, 2.05) is 18.2 Å². The molecule has 0 aromatic heterocycles. The third-order valence-electron chi connectivity index (χ3n) is 3.90. The van der Waals surface area contributed by atoms with E-state index in [1.54, 1.807) is 0 Å². The fourth-order valence-corrected chi connectivity index (χ4v) is 3.30. The lowest BCUT2D eigenvalue weighted by Gasteiger charge is -2.26. The van der Waals surface area contributed by atoms with Gasteiger partial charge in [-0.3, -0.25) is 4.79 Å². The predicted octanol–water partition coefficient (Wildman–Crippen LogP) is 4.85. The van der Waals surface area contributed by atoms with Crippen molar-refractivity contribution in [2.45, 2.75) is 39.0 Å². The first kappa shape index (κ1) is 14.1. The Morgan fingerprint density at radius 3 is 2.72 bits per heavy atom. The molecule has 18 heavy (non-hydrogen) atoms. The Morgan fingerprint density at radius 1 is 1.44 bits per heavy atom. The van der Waals surface area contributed by atoms with E-state index < -0.39 is 0 Å². The van der Waals surface area contributed by atoms with Gasteiger partial charge in [0.15, 0.2) is 0 Å². The lowest BCUT2D eigenvalue weighted by Crippen LogP contribution is -2.33. The van der Waals surface area contributed by atoms with Crippen LogP contribution in [0.2, 0.25) is 5.02 Å². The Labute approximate surface area is 127 Å². The van der Waals surface area contributed by atoms with Crippen molar-refractivity contribution in [1.29, 1.82) is 0 Å². The van der Waals surface area contributed by atoms with Crippen molar-refractivity contribution in [3.63, 3.8) is 0 Å². The number of halogens is 2.